The van der Waals surface area contributed by atoms with E-state index in [4.69, 9.17) is 0 Å². The van der Waals surface area contributed by atoms with Gasteiger partial charge >= 0.3 is 0 Å². The van der Waals surface area contributed by atoms with Gasteiger partial charge in [0.1, 0.15) is 5.25 Å². The van der Waals surface area contributed by atoms with E-state index in [1.54, 1.807) is 18.2 Å². The van der Waals surface area contributed by atoms with Crippen molar-refractivity contribution in [3.05, 3.63) is 60.2 Å². The molecule has 0 aromatic heterocycles. The summed E-state index contributed by atoms with van der Waals surface area (Å²) in [6.45, 7) is 1.96. The van der Waals surface area contributed by atoms with Crippen molar-refractivity contribution in [2.45, 2.75) is 61.6 Å². The van der Waals surface area contributed by atoms with E-state index in [9.17, 15) is 18.0 Å². The molecule has 1 saturated carbocycles. The van der Waals surface area contributed by atoms with Crippen molar-refractivity contribution in [2.75, 3.05) is 5.32 Å². The maximum absolute atomic E-state index is 13.3. The van der Waals surface area contributed by atoms with Crippen molar-refractivity contribution >= 4 is 44.5 Å². The van der Waals surface area contributed by atoms with E-state index in [0.717, 1.165) is 49.4 Å². The average Bonchev–Trinajstić information content (AvgIpc) is 3.10. The van der Waals surface area contributed by atoms with Gasteiger partial charge in [-0.25, -0.2) is 0 Å². The van der Waals surface area contributed by atoms with Crippen LogP contribution in [0, 0.1) is 6.92 Å². The Bertz CT molecular complexity index is 1140. The molecule has 0 bridgehead atoms. The molecule has 2 aromatic carbocycles. The van der Waals surface area contributed by atoms with E-state index >= 15 is 0 Å². The average molecular weight is 486 g/mol. The normalized spacial score (nSPS) is 20.9. The van der Waals surface area contributed by atoms with Crippen LogP contribution in [0.2, 0.25) is 0 Å². The number of anilines is 1. The number of nitrogens with one attached hydrogen (secondary N) is 1. The first kappa shape index (κ1) is 23.5. The molecule has 1 unspecified atom stereocenters. The topological polar surface area (TPSA) is 95.9 Å². The quantitative estimate of drug-likeness (QED) is 0.656. The number of nitrogens with zero attached hydrogens (tertiary/aromatic N) is 2. The molecule has 0 radical (unpaired) electrons. The number of aryl methyl sites for hydroxylation is 1. The van der Waals surface area contributed by atoms with Crippen molar-refractivity contribution in [3.8, 4) is 0 Å². The lowest BCUT2D eigenvalue weighted by Crippen LogP contribution is -2.42. The highest BCUT2D eigenvalue weighted by molar-refractivity contribution is 8.16. The Hall–Kier alpha value is -2.65. The monoisotopic (exact) mass is 485 g/mol. The summed E-state index contributed by atoms with van der Waals surface area (Å²) >= 11 is 1.07. The number of thioether (sulfide) groups is 1. The number of sulfonamides is 1. The zero-order chi connectivity index (χ0) is 23.4. The number of rotatable bonds is 6. The molecule has 4 rings (SSSR count). The maximum atomic E-state index is 13.3. The molecule has 1 N–H and O–H groups in total. The van der Waals surface area contributed by atoms with Gasteiger partial charge in [-0.05, 0) is 44.0 Å². The number of hydrogen-bond donors (Lipinski definition) is 1. The minimum Gasteiger partial charge on any atom is -0.326 e. The molecule has 33 heavy (non-hydrogen) atoms. The zero-order valence-corrected chi connectivity index (χ0v) is 20.1. The van der Waals surface area contributed by atoms with Crippen LogP contribution in [-0.2, 0) is 19.6 Å². The molecule has 1 saturated heterocycles. The van der Waals surface area contributed by atoms with E-state index in [0.29, 0.717) is 5.69 Å². The largest absolute Gasteiger partial charge is 0.326 e. The summed E-state index contributed by atoms with van der Waals surface area (Å²) in [7, 11) is -3.97. The molecule has 1 atom stereocenters. The van der Waals surface area contributed by atoms with Gasteiger partial charge in [0.05, 0.1) is 4.90 Å². The van der Waals surface area contributed by atoms with Crippen LogP contribution in [0.25, 0.3) is 0 Å². The van der Waals surface area contributed by atoms with Crippen LogP contribution in [0.3, 0.4) is 0 Å². The smallest absolute Gasteiger partial charge is 0.284 e. The molecule has 2 fully saturated rings. The lowest BCUT2D eigenvalue weighted by atomic mass is 9.94. The molecule has 1 heterocycles. The summed E-state index contributed by atoms with van der Waals surface area (Å²) < 4.78 is 29.9. The molecular formula is C24H27N3O4S2. The van der Waals surface area contributed by atoms with Crippen molar-refractivity contribution in [1.82, 2.24) is 4.90 Å². The highest BCUT2D eigenvalue weighted by atomic mass is 32.2. The van der Waals surface area contributed by atoms with Gasteiger partial charge in [-0.2, -0.15) is 8.42 Å². The van der Waals surface area contributed by atoms with E-state index in [2.05, 4.69) is 9.71 Å². The van der Waals surface area contributed by atoms with Gasteiger partial charge in [-0.1, -0.05) is 66.9 Å². The van der Waals surface area contributed by atoms with Crippen LogP contribution in [0.5, 0.6) is 0 Å². The third-order valence-corrected chi connectivity index (χ3v) is 8.40. The molecule has 1 aliphatic carbocycles. The Morgan fingerprint density at radius 1 is 1.06 bits per heavy atom. The Morgan fingerprint density at radius 2 is 1.73 bits per heavy atom. The van der Waals surface area contributed by atoms with Crippen molar-refractivity contribution in [1.29, 1.82) is 0 Å². The van der Waals surface area contributed by atoms with Crippen LogP contribution in [0.4, 0.5) is 5.69 Å². The lowest BCUT2D eigenvalue weighted by Gasteiger charge is -2.30. The number of amidine groups is 1. The van der Waals surface area contributed by atoms with Crippen LogP contribution < -0.4 is 5.32 Å². The zero-order valence-electron chi connectivity index (χ0n) is 18.4. The summed E-state index contributed by atoms with van der Waals surface area (Å²) in [6, 6.07) is 15.3. The molecule has 0 spiro atoms. The van der Waals surface area contributed by atoms with E-state index < -0.39 is 15.3 Å². The van der Waals surface area contributed by atoms with Crippen molar-refractivity contribution in [3.63, 3.8) is 0 Å². The molecular weight excluding hydrogens is 458 g/mol. The van der Waals surface area contributed by atoms with Gasteiger partial charge in [0, 0.05) is 18.2 Å². The molecule has 1 aliphatic heterocycles. The number of benzene rings is 2. The van der Waals surface area contributed by atoms with Gasteiger partial charge in [0.15, 0.2) is 5.17 Å². The second kappa shape index (κ2) is 10.1. The van der Waals surface area contributed by atoms with Crippen LogP contribution >= 0.6 is 11.8 Å². The molecule has 2 amide bonds. The van der Waals surface area contributed by atoms with Crippen molar-refractivity contribution < 1.29 is 18.0 Å². The third-order valence-electron chi connectivity index (χ3n) is 5.85. The van der Waals surface area contributed by atoms with Gasteiger partial charge in [-0.15, -0.1) is 4.40 Å². The number of hydrogen-bond acceptors (Lipinski definition) is 5. The van der Waals surface area contributed by atoms with E-state index in [1.807, 2.05) is 31.2 Å². The van der Waals surface area contributed by atoms with Crippen LogP contribution in [0.1, 0.15) is 44.1 Å². The Morgan fingerprint density at radius 3 is 2.39 bits per heavy atom. The first-order valence-electron chi connectivity index (χ1n) is 11.1. The van der Waals surface area contributed by atoms with Crippen LogP contribution in [-0.4, -0.2) is 41.6 Å². The SMILES string of the molecule is Cc1ccc(NC(=O)CC2S/C(=N/S(=O)(=O)c3ccccc3)N(C3CCCCC3)C2=O)cc1. The van der Waals surface area contributed by atoms with Gasteiger partial charge in [0.2, 0.25) is 11.8 Å². The lowest BCUT2D eigenvalue weighted by molar-refractivity contribution is -0.130. The minimum absolute atomic E-state index is 0.0506. The predicted octanol–water partition coefficient (Wildman–Crippen LogP) is 4.35. The molecule has 9 heteroatoms. The highest BCUT2D eigenvalue weighted by Crippen LogP contribution is 2.36. The highest BCUT2D eigenvalue weighted by Gasteiger charge is 2.43. The number of carbonyl (C=O) groups is 2. The predicted molar refractivity (Wildman–Crippen MR) is 131 cm³/mol. The summed E-state index contributed by atoms with van der Waals surface area (Å²) in [4.78, 5) is 27.6. The van der Waals surface area contributed by atoms with E-state index in [-0.39, 0.29) is 34.3 Å². The first-order chi connectivity index (χ1) is 15.8. The fourth-order valence-electron chi connectivity index (χ4n) is 4.12. The Balaban J connectivity index is 1.56. The Labute approximate surface area is 198 Å². The third kappa shape index (κ3) is 5.65. The van der Waals surface area contributed by atoms with E-state index in [1.165, 1.54) is 17.0 Å². The van der Waals surface area contributed by atoms with Gasteiger partial charge < -0.3 is 5.32 Å². The second-order valence-electron chi connectivity index (χ2n) is 8.39. The number of carbonyl (C=O) groups excluding carboxylic acids is 2. The second-order valence-corrected chi connectivity index (χ2v) is 11.2. The summed E-state index contributed by atoms with van der Waals surface area (Å²) in [6.07, 6.45) is 4.62. The van der Waals surface area contributed by atoms with Crippen molar-refractivity contribution in [2.24, 2.45) is 4.40 Å². The van der Waals surface area contributed by atoms with Gasteiger partial charge in [0.25, 0.3) is 10.0 Å². The van der Waals surface area contributed by atoms with Crippen LogP contribution in [0.15, 0.2) is 63.9 Å². The molecule has 2 aliphatic rings. The standard InChI is InChI=1S/C24H27N3O4S2/c1-17-12-14-18(15-13-17)25-22(28)16-21-23(29)27(19-8-4-2-5-9-19)24(32-21)26-33(30,31)20-10-6-3-7-11-20/h3,6-7,10-15,19,21H,2,4-5,8-9,16H2,1H3,(H,25,28)/b26-24+. The fourth-order valence-corrected chi connectivity index (χ4v) is 6.54. The Kier molecular flexibility index (Phi) is 7.19. The summed E-state index contributed by atoms with van der Waals surface area (Å²) in [5, 5.41) is 2.28. The summed E-state index contributed by atoms with van der Waals surface area (Å²) in [5.74, 6) is -0.534. The molecule has 2 aromatic rings. The first-order valence-corrected chi connectivity index (χ1v) is 13.4. The fraction of sp³-hybridized carbons (Fsp3) is 0.375. The minimum atomic E-state index is -3.97. The summed E-state index contributed by atoms with van der Waals surface area (Å²) in [5.41, 5.74) is 1.74. The molecule has 7 nitrogen and oxygen atoms in total. The van der Waals surface area contributed by atoms with Gasteiger partial charge in [-0.3, -0.25) is 14.5 Å². The number of amides is 2. The maximum Gasteiger partial charge on any atom is 0.284 e. The molecule has 174 valence electrons.